The second-order valence-electron chi connectivity index (χ2n) is 6.02. The number of hydrogen-bond acceptors (Lipinski definition) is 5. The lowest BCUT2D eigenvalue weighted by Crippen LogP contribution is -2.23. The van der Waals surface area contributed by atoms with E-state index in [4.69, 9.17) is 9.47 Å². The highest BCUT2D eigenvalue weighted by molar-refractivity contribution is 5.98. The van der Waals surface area contributed by atoms with Crippen LogP contribution < -0.4 is 20.1 Å². The number of aldehydes is 1. The van der Waals surface area contributed by atoms with Gasteiger partial charge in [0.05, 0.1) is 17.7 Å². The third kappa shape index (κ3) is 6.63. The van der Waals surface area contributed by atoms with Crippen molar-refractivity contribution in [3.8, 4) is 17.2 Å². The van der Waals surface area contributed by atoms with Gasteiger partial charge in [0.15, 0.2) is 11.5 Å². The summed E-state index contributed by atoms with van der Waals surface area (Å²) < 4.78 is 50.9. The SMILES string of the molecule is CCOc1ccccc1Oc1ccc(C(F)(F)F)cc1C(=O)NC(/C=C\NC)=C/C=O. The Labute approximate surface area is 177 Å². The third-order valence-electron chi connectivity index (χ3n) is 3.86. The van der Waals surface area contributed by atoms with Crippen LogP contribution in [-0.4, -0.2) is 25.8 Å². The molecule has 2 aromatic rings. The lowest BCUT2D eigenvalue weighted by atomic mass is 10.1. The Kier molecular flexibility index (Phi) is 8.25. The number of halogens is 3. The smallest absolute Gasteiger partial charge is 0.416 e. The zero-order chi connectivity index (χ0) is 22.9. The van der Waals surface area contributed by atoms with E-state index in [-0.39, 0.29) is 22.8 Å². The first kappa shape index (κ1) is 23.5. The minimum atomic E-state index is -4.66. The fraction of sp³-hybridized carbons (Fsp3) is 0.182. The molecule has 1 amide bonds. The van der Waals surface area contributed by atoms with Crippen molar-refractivity contribution in [2.24, 2.45) is 0 Å². The third-order valence-corrected chi connectivity index (χ3v) is 3.86. The summed E-state index contributed by atoms with van der Waals surface area (Å²) in [6.07, 6.45) is -0.339. The minimum Gasteiger partial charge on any atom is -0.490 e. The van der Waals surface area contributed by atoms with Gasteiger partial charge in [0, 0.05) is 18.8 Å². The Morgan fingerprint density at radius 1 is 1.10 bits per heavy atom. The van der Waals surface area contributed by atoms with Gasteiger partial charge in [-0.1, -0.05) is 12.1 Å². The summed E-state index contributed by atoms with van der Waals surface area (Å²) in [5.74, 6) is -0.392. The predicted molar refractivity (Wildman–Crippen MR) is 109 cm³/mol. The van der Waals surface area contributed by atoms with Gasteiger partial charge >= 0.3 is 6.18 Å². The molecule has 0 unspecified atom stereocenters. The topological polar surface area (TPSA) is 76.7 Å². The Hall–Kier alpha value is -3.75. The second kappa shape index (κ2) is 10.9. The molecule has 0 radical (unpaired) electrons. The molecule has 0 saturated heterocycles. The molecule has 0 heterocycles. The largest absolute Gasteiger partial charge is 0.490 e. The number of carbonyl (C=O) groups excluding carboxylic acids is 2. The van der Waals surface area contributed by atoms with Crippen LogP contribution in [0, 0.1) is 0 Å². The first-order chi connectivity index (χ1) is 14.8. The number of rotatable bonds is 9. The van der Waals surface area contributed by atoms with Crippen molar-refractivity contribution in [2.45, 2.75) is 13.1 Å². The highest BCUT2D eigenvalue weighted by atomic mass is 19.4. The molecule has 9 heteroatoms. The number of carbonyl (C=O) groups is 2. The Balaban J connectivity index is 2.48. The van der Waals surface area contributed by atoms with E-state index < -0.39 is 17.6 Å². The van der Waals surface area contributed by atoms with Gasteiger partial charge in [0.25, 0.3) is 5.91 Å². The van der Waals surface area contributed by atoms with Crippen LogP contribution in [0.15, 0.2) is 66.5 Å². The highest BCUT2D eigenvalue weighted by Gasteiger charge is 2.32. The molecular weight excluding hydrogens is 413 g/mol. The average Bonchev–Trinajstić information content (AvgIpc) is 2.73. The van der Waals surface area contributed by atoms with E-state index in [0.29, 0.717) is 24.7 Å². The van der Waals surface area contributed by atoms with Crippen LogP contribution in [0.2, 0.25) is 0 Å². The monoisotopic (exact) mass is 434 g/mol. The number of nitrogens with one attached hydrogen (secondary N) is 2. The molecule has 164 valence electrons. The van der Waals surface area contributed by atoms with Gasteiger partial charge in [-0.15, -0.1) is 0 Å². The highest BCUT2D eigenvalue weighted by Crippen LogP contribution is 2.36. The molecule has 6 nitrogen and oxygen atoms in total. The van der Waals surface area contributed by atoms with Crippen molar-refractivity contribution in [3.63, 3.8) is 0 Å². The van der Waals surface area contributed by atoms with Gasteiger partial charge in [0.1, 0.15) is 12.0 Å². The first-order valence-corrected chi connectivity index (χ1v) is 9.21. The Morgan fingerprint density at radius 3 is 2.42 bits per heavy atom. The summed E-state index contributed by atoms with van der Waals surface area (Å²) in [5, 5.41) is 5.08. The van der Waals surface area contributed by atoms with E-state index in [1.54, 1.807) is 38.2 Å². The van der Waals surface area contributed by atoms with Crippen molar-refractivity contribution in [2.75, 3.05) is 13.7 Å². The maximum atomic E-state index is 13.2. The zero-order valence-corrected chi connectivity index (χ0v) is 16.8. The molecule has 2 aromatic carbocycles. The van der Waals surface area contributed by atoms with Gasteiger partial charge in [-0.2, -0.15) is 13.2 Å². The van der Waals surface area contributed by atoms with E-state index in [2.05, 4.69) is 10.6 Å². The number of ether oxygens (including phenoxy) is 2. The number of hydrogen-bond donors (Lipinski definition) is 2. The summed E-state index contributed by atoms with van der Waals surface area (Å²) in [6.45, 7) is 2.12. The van der Waals surface area contributed by atoms with Crippen LogP contribution in [0.5, 0.6) is 17.2 Å². The zero-order valence-electron chi connectivity index (χ0n) is 16.8. The summed E-state index contributed by atoms with van der Waals surface area (Å²) in [4.78, 5) is 23.6. The minimum absolute atomic E-state index is 0.0763. The molecule has 0 saturated carbocycles. The van der Waals surface area contributed by atoms with Crippen molar-refractivity contribution in [3.05, 3.63) is 77.6 Å². The van der Waals surface area contributed by atoms with Crippen molar-refractivity contribution >= 4 is 12.2 Å². The van der Waals surface area contributed by atoms with E-state index in [1.807, 2.05) is 0 Å². The van der Waals surface area contributed by atoms with Gasteiger partial charge in [-0.05, 0) is 49.5 Å². The van der Waals surface area contributed by atoms with Gasteiger partial charge in [-0.25, -0.2) is 0 Å². The van der Waals surface area contributed by atoms with Crippen molar-refractivity contribution in [1.29, 1.82) is 0 Å². The standard InChI is InChI=1S/C22H21F3N2O4/c1-3-30-19-6-4-5-7-20(19)31-18-9-8-15(22(23,24)25)14-17(18)21(29)27-16(11-13-28)10-12-26-2/h4-14,26H,3H2,1-2H3,(H,27,29)/b12-10-,16-11+. The Morgan fingerprint density at radius 2 is 1.81 bits per heavy atom. The normalized spacial score (nSPS) is 11.8. The molecule has 0 atom stereocenters. The van der Waals surface area contributed by atoms with Gasteiger partial charge in [0.2, 0.25) is 0 Å². The summed E-state index contributed by atoms with van der Waals surface area (Å²) in [6, 6.07) is 9.14. The number of alkyl halides is 3. The predicted octanol–water partition coefficient (Wildman–Crippen LogP) is 4.44. The average molecular weight is 434 g/mol. The van der Waals surface area contributed by atoms with Crippen LogP contribution in [0.3, 0.4) is 0 Å². The Bertz CT molecular complexity index is 985. The molecule has 0 aliphatic rings. The summed E-state index contributed by atoms with van der Waals surface area (Å²) in [7, 11) is 1.60. The van der Waals surface area contributed by atoms with Crippen LogP contribution in [0.1, 0.15) is 22.8 Å². The van der Waals surface area contributed by atoms with Gasteiger partial charge < -0.3 is 20.1 Å². The lowest BCUT2D eigenvalue weighted by molar-refractivity contribution is -0.137. The molecule has 0 fully saturated rings. The van der Waals surface area contributed by atoms with E-state index >= 15 is 0 Å². The fourth-order valence-electron chi connectivity index (χ4n) is 2.48. The van der Waals surface area contributed by atoms with Gasteiger partial charge in [-0.3, -0.25) is 9.59 Å². The summed E-state index contributed by atoms with van der Waals surface area (Å²) in [5.41, 5.74) is -1.31. The van der Waals surface area contributed by atoms with E-state index in [0.717, 1.165) is 18.2 Å². The number of para-hydroxylation sites is 2. The number of benzene rings is 2. The second-order valence-corrected chi connectivity index (χ2v) is 6.02. The van der Waals surface area contributed by atoms with E-state index in [9.17, 15) is 22.8 Å². The molecule has 31 heavy (non-hydrogen) atoms. The van der Waals surface area contributed by atoms with Crippen LogP contribution >= 0.6 is 0 Å². The molecule has 2 rings (SSSR count). The molecular formula is C22H21F3N2O4. The lowest BCUT2D eigenvalue weighted by Gasteiger charge is -2.16. The maximum Gasteiger partial charge on any atom is 0.416 e. The van der Waals surface area contributed by atoms with Crippen molar-refractivity contribution < 1.29 is 32.2 Å². The van der Waals surface area contributed by atoms with Crippen molar-refractivity contribution in [1.82, 2.24) is 10.6 Å². The molecule has 0 aromatic heterocycles. The first-order valence-electron chi connectivity index (χ1n) is 9.21. The molecule has 0 aliphatic heterocycles. The molecule has 0 bridgehead atoms. The quantitative estimate of drug-likeness (QED) is 0.347. The number of allylic oxidation sites excluding steroid dienone is 2. The van der Waals surface area contributed by atoms with Crippen LogP contribution in [0.4, 0.5) is 13.2 Å². The molecule has 0 spiro atoms. The van der Waals surface area contributed by atoms with E-state index in [1.165, 1.54) is 12.3 Å². The van der Waals surface area contributed by atoms with Crippen LogP contribution in [-0.2, 0) is 11.0 Å². The summed E-state index contributed by atoms with van der Waals surface area (Å²) >= 11 is 0. The number of amides is 1. The molecule has 0 aliphatic carbocycles. The maximum absolute atomic E-state index is 13.2. The molecule has 2 N–H and O–H groups in total. The van der Waals surface area contributed by atoms with Crippen LogP contribution in [0.25, 0.3) is 0 Å². The fourth-order valence-corrected chi connectivity index (χ4v) is 2.48.